The molecule has 0 spiro atoms. The molecule has 0 radical (unpaired) electrons. The highest BCUT2D eigenvalue weighted by Gasteiger charge is 2.15. The van der Waals surface area contributed by atoms with E-state index in [0.29, 0.717) is 5.56 Å². The Bertz CT molecular complexity index is 477. The molecule has 0 bridgehead atoms. The minimum absolute atomic E-state index is 0.0367. The van der Waals surface area contributed by atoms with E-state index in [4.69, 9.17) is 0 Å². The number of aryl methyl sites for hydroxylation is 2. The van der Waals surface area contributed by atoms with Crippen LogP contribution in [0.3, 0.4) is 0 Å². The van der Waals surface area contributed by atoms with Crippen molar-refractivity contribution >= 4 is 11.7 Å². The minimum Gasteiger partial charge on any atom is -0.345 e. The average Bonchev–Trinajstić information content (AvgIpc) is 2.82. The summed E-state index contributed by atoms with van der Waals surface area (Å²) in [4.78, 5) is 23.4. The average molecular weight is 245 g/mol. The van der Waals surface area contributed by atoms with Gasteiger partial charge in [0.05, 0.1) is 6.54 Å². The maximum absolute atomic E-state index is 11.9. The minimum atomic E-state index is -0.154. The van der Waals surface area contributed by atoms with E-state index in [9.17, 15) is 9.59 Å². The zero-order valence-electron chi connectivity index (χ0n) is 11.0. The number of hydrogen-bond donors (Lipinski definition) is 1. The molecule has 0 heterocycles. The van der Waals surface area contributed by atoms with Gasteiger partial charge in [-0.05, 0) is 42.5 Å². The topological polar surface area (TPSA) is 46.2 Å². The van der Waals surface area contributed by atoms with Gasteiger partial charge in [0.2, 0.25) is 0 Å². The van der Waals surface area contributed by atoms with Gasteiger partial charge in [-0.1, -0.05) is 19.9 Å². The summed E-state index contributed by atoms with van der Waals surface area (Å²) in [6, 6.07) is 5.83. The normalized spacial score (nSPS) is 13.5. The van der Waals surface area contributed by atoms with Crippen LogP contribution in [0.15, 0.2) is 18.2 Å². The van der Waals surface area contributed by atoms with E-state index >= 15 is 0 Å². The molecule has 0 saturated carbocycles. The van der Waals surface area contributed by atoms with E-state index in [1.807, 2.05) is 32.0 Å². The number of carbonyl (C=O) groups is 2. The lowest BCUT2D eigenvalue weighted by Crippen LogP contribution is -2.31. The molecule has 0 aliphatic heterocycles. The first-order chi connectivity index (χ1) is 8.58. The highest BCUT2D eigenvalue weighted by Crippen LogP contribution is 2.22. The fraction of sp³-hybridized carbons (Fsp3) is 0.467. The number of carbonyl (C=O) groups excluding carboxylic acids is 2. The van der Waals surface area contributed by atoms with Crippen LogP contribution in [0, 0.1) is 5.92 Å². The zero-order valence-corrected chi connectivity index (χ0v) is 11.0. The van der Waals surface area contributed by atoms with Crippen LogP contribution in [0.4, 0.5) is 0 Å². The Morgan fingerprint density at radius 3 is 2.67 bits per heavy atom. The first-order valence-electron chi connectivity index (χ1n) is 6.50. The van der Waals surface area contributed by atoms with Crippen molar-refractivity contribution in [1.82, 2.24) is 5.32 Å². The van der Waals surface area contributed by atoms with E-state index in [-0.39, 0.29) is 24.2 Å². The van der Waals surface area contributed by atoms with Crippen molar-refractivity contribution in [3.05, 3.63) is 34.9 Å². The van der Waals surface area contributed by atoms with Gasteiger partial charge in [-0.15, -0.1) is 0 Å². The lowest BCUT2D eigenvalue weighted by Gasteiger charge is -2.08. The molecule has 1 N–H and O–H groups in total. The van der Waals surface area contributed by atoms with Gasteiger partial charge in [0.1, 0.15) is 0 Å². The highest BCUT2D eigenvalue weighted by atomic mass is 16.2. The Balaban J connectivity index is 1.99. The van der Waals surface area contributed by atoms with E-state index in [2.05, 4.69) is 5.32 Å². The molecule has 96 valence electrons. The number of Topliss-reactive ketones (excluding diaryl/α,β-unsaturated/α-hetero) is 1. The number of nitrogens with one attached hydrogen (secondary N) is 1. The smallest absolute Gasteiger partial charge is 0.251 e. The van der Waals surface area contributed by atoms with Gasteiger partial charge in [-0.3, -0.25) is 9.59 Å². The van der Waals surface area contributed by atoms with Crippen molar-refractivity contribution in [3.63, 3.8) is 0 Å². The summed E-state index contributed by atoms with van der Waals surface area (Å²) in [6.07, 6.45) is 3.34. The predicted molar refractivity (Wildman–Crippen MR) is 70.6 cm³/mol. The van der Waals surface area contributed by atoms with Crippen LogP contribution in [0.5, 0.6) is 0 Å². The van der Waals surface area contributed by atoms with Crippen LogP contribution in [0.2, 0.25) is 0 Å². The number of rotatable bonds is 4. The lowest BCUT2D eigenvalue weighted by atomic mass is 10.1. The Labute approximate surface area is 108 Å². The molecule has 0 unspecified atom stereocenters. The van der Waals surface area contributed by atoms with Crippen LogP contribution in [0.25, 0.3) is 0 Å². The first-order valence-corrected chi connectivity index (χ1v) is 6.50. The summed E-state index contributed by atoms with van der Waals surface area (Å²) in [5.74, 6) is -0.131. The van der Waals surface area contributed by atoms with Crippen molar-refractivity contribution in [2.75, 3.05) is 6.54 Å². The molecule has 2 rings (SSSR count). The largest absolute Gasteiger partial charge is 0.345 e. The number of amides is 1. The molecule has 1 aliphatic rings. The molecule has 18 heavy (non-hydrogen) atoms. The van der Waals surface area contributed by atoms with Crippen LogP contribution in [0.1, 0.15) is 41.8 Å². The molecule has 0 saturated heterocycles. The molecular formula is C15H19NO2. The van der Waals surface area contributed by atoms with Gasteiger partial charge in [0.15, 0.2) is 5.78 Å². The van der Waals surface area contributed by atoms with E-state index in [0.717, 1.165) is 12.8 Å². The summed E-state index contributed by atoms with van der Waals surface area (Å²) in [5, 5.41) is 2.68. The van der Waals surface area contributed by atoms with Crippen molar-refractivity contribution in [1.29, 1.82) is 0 Å². The van der Waals surface area contributed by atoms with Crippen molar-refractivity contribution in [2.24, 2.45) is 5.92 Å². The predicted octanol–water partition coefficient (Wildman–Crippen LogP) is 2.13. The highest BCUT2D eigenvalue weighted by molar-refractivity contribution is 5.97. The van der Waals surface area contributed by atoms with Crippen molar-refractivity contribution < 1.29 is 9.59 Å². The van der Waals surface area contributed by atoms with E-state index < -0.39 is 0 Å². The van der Waals surface area contributed by atoms with Crippen molar-refractivity contribution in [2.45, 2.75) is 33.1 Å². The number of hydrogen-bond acceptors (Lipinski definition) is 2. The Hall–Kier alpha value is -1.64. The third kappa shape index (κ3) is 2.78. The second-order valence-corrected chi connectivity index (χ2v) is 5.14. The van der Waals surface area contributed by atoms with Gasteiger partial charge >= 0.3 is 0 Å². The number of fused-ring (bicyclic) bond motifs is 1. The summed E-state index contributed by atoms with van der Waals surface area (Å²) < 4.78 is 0. The molecule has 1 aromatic carbocycles. The van der Waals surface area contributed by atoms with E-state index in [1.165, 1.54) is 17.5 Å². The van der Waals surface area contributed by atoms with Gasteiger partial charge in [-0.25, -0.2) is 0 Å². The Kier molecular flexibility index (Phi) is 3.80. The molecule has 3 heteroatoms. The lowest BCUT2D eigenvalue weighted by molar-refractivity contribution is -0.120. The molecule has 0 aromatic heterocycles. The monoisotopic (exact) mass is 245 g/mol. The van der Waals surface area contributed by atoms with Gasteiger partial charge < -0.3 is 5.32 Å². The first kappa shape index (κ1) is 12.8. The summed E-state index contributed by atoms with van der Waals surface area (Å²) >= 11 is 0. The second kappa shape index (κ2) is 5.34. The molecule has 0 atom stereocenters. The third-order valence-electron chi connectivity index (χ3n) is 3.43. The molecule has 3 nitrogen and oxygen atoms in total. The summed E-state index contributed by atoms with van der Waals surface area (Å²) in [7, 11) is 0. The Morgan fingerprint density at radius 1 is 1.22 bits per heavy atom. The summed E-state index contributed by atoms with van der Waals surface area (Å²) in [5.41, 5.74) is 3.29. The maximum Gasteiger partial charge on any atom is 0.251 e. The Morgan fingerprint density at radius 2 is 1.94 bits per heavy atom. The number of benzene rings is 1. The third-order valence-corrected chi connectivity index (χ3v) is 3.43. The fourth-order valence-corrected chi connectivity index (χ4v) is 2.19. The zero-order chi connectivity index (χ0) is 13.1. The molecular weight excluding hydrogens is 226 g/mol. The SMILES string of the molecule is CC(C)C(=O)CNC(=O)c1ccc2c(c1)CCC2. The van der Waals surface area contributed by atoms with Gasteiger partial charge in [0.25, 0.3) is 5.91 Å². The molecule has 0 fully saturated rings. The maximum atomic E-state index is 11.9. The fourth-order valence-electron chi connectivity index (χ4n) is 2.19. The standard InChI is InChI=1S/C15H19NO2/c1-10(2)14(17)9-16-15(18)13-7-6-11-4-3-5-12(11)8-13/h6-8,10H,3-5,9H2,1-2H3,(H,16,18). The quantitative estimate of drug-likeness (QED) is 0.883. The summed E-state index contributed by atoms with van der Waals surface area (Å²) in [6.45, 7) is 3.79. The second-order valence-electron chi connectivity index (χ2n) is 5.14. The van der Waals surface area contributed by atoms with Crippen LogP contribution < -0.4 is 5.32 Å². The van der Waals surface area contributed by atoms with Crippen LogP contribution in [-0.4, -0.2) is 18.2 Å². The van der Waals surface area contributed by atoms with Gasteiger partial charge in [-0.2, -0.15) is 0 Å². The molecule has 1 amide bonds. The van der Waals surface area contributed by atoms with E-state index in [1.54, 1.807) is 0 Å². The van der Waals surface area contributed by atoms with Crippen molar-refractivity contribution in [3.8, 4) is 0 Å². The molecule has 1 aliphatic carbocycles. The van der Waals surface area contributed by atoms with Crippen LogP contribution in [-0.2, 0) is 17.6 Å². The van der Waals surface area contributed by atoms with Crippen LogP contribution >= 0.6 is 0 Å². The molecule has 1 aromatic rings. The number of ketones is 1. The van der Waals surface area contributed by atoms with Gasteiger partial charge in [0, 0.05) is 11.5 Å².